The molecule has 1 aromatic carbocycles. The van der Waals surface area contributed by atoms with E-state index in [2.05, 4.69) is 21.4 Å². The van der Waals surface area contributed by atoms with Crippen molar-refractivity contribution in [2.75, 3.05) is 39.0 Å². The molecule has 3 N–H and O–H groups in total. The number of aryl methyl sites for hydroxylation is 1. The number of nitrogens with two attached hydrogens (primary N) is 1. The van der Waals surface area contributed by atoms with Crippen LogP contribution in [0.25, 0.3) is 0 Å². The number of likely N-dealkylation sites (N-methyl/N-ethyl adjacent to an activating group) is 1. The molecule has 0 unspecified atom stereocenters. The molecule has 1 saturated heterocycles. The number of aromatic nitrogens is 2. The molecule has 3 heterocycles. The first-order chi connectivity index (χ1) is 14.5. The lowest BCUT2D eigenvalue weighted by Crippen LogP contribution is -2.58. The number of nitrogens with one attached hydrogen (secondary N) is 1. The van der Waals surface area contributed by atoms with E-state index >= 15 is 0 Å². The van der Waals surface area contributed by atoms with Gasteiger partial charge in [-0.1, -0.05) is 12.1 Å². The number of carbonyl (C=O) groups is 2. The Hall–Kier alpha value is -3.20. The number of hydrogen-bond acceptors (Lipinski definition) is 7. The molecule has 2 amide bonds. The van der Waals surface area contributed by atoms with Crippen LogP contribution in [0.15, 0.2) is 30.7 Å². The van der Waals surface area contributed by atoms with Gasteiger partial charge in [0.25, 0.3) is 5.91 Å². The number of hydrogen-bond donors (Lipinski definition) is 2. The Balaban J connectivity index is 1.39. The fourth-order valence-electron chi connectivity index (χ4n) is 3.85. The minimum atomic E-state index is -0.436. The van der Waals surface area contributed by atoms with Crippen molar-refractivity contribution in [1.29, 1.82) is 0 Å². The normalized spacial score (nSPS) is 19.0. The second kappa shape index (κ2) is 8.66. The van der Waals surface area contributed by atoms with Gasteiger partial charge in [0, 0.05) is 32.4 Å². The van der Waals surface area contributed by atoms with Crippen molar-refractivity contribution in [3.8, 4) is 5.75 Å². The Morgan fingerprint density at radius 1 is 1.33 bits per heavy atom. The molecular weight excluding hydrogens is 384 g/mol. The molecule has 2 aliphatic rings. The van der Waals surface area contributed by atoms with Crippen LogP contribution in [0.4, 0.5) is 5.82 Å². The summed E-state index contributed by atoms with van der Waals surface area (Å²) < 4.78 is 5.64. The maximum atomic E-state index is 12.9. The fourth-order valence-corrected chi connectivity index (χ4v) is 3.85. The number of amides is 2. The van der Waals surface area contributed by atoms with Crippen molar-refractivity contribution < 1.29 is 14.3 Å². The number of ether oxygens (including phenoxy) is 1. The second-order valence-electron chi connectivity index (χ2n) is 7.68. The lowest BCUT2D eigenvalue weighted by atomic mass is 10.0. The molecule has 0 bridgehead atoms. The van der Waals surface area contributed by atoms with Crippen LogP contribution in [0.1, 0.15) is 27.9 Å². The van der Waals surface area contributed by atoms with Crippen LogP contribution in [0, 0.1) is 0 Å². The van der Waals surface area contributed by atoms with Gasteiger partial charge in [0.05, 0.1) is 12.2 Å². The van der Waals surface area contributed by atoms with Crippen molar-refractivity contribution in [3.05, 3.63) is 47.4 Å². The molecule has 2 aromatic rings. The van der Waals surface area contributed by atoms with Gasteiger partial charge in [0.15, 0.2) is 0 Å². The molecule has 0 aliphatic carbocycles. The van der Waals surface area contributed by atoms with Crippen LogP contribution in [-0.2, 0) is 17.8 Å². The molecule has 0 radical (unpaired) electrons. The summed E-state index contributed by atoms with van der Waals surface area (Å²) in [5, 5.41) is 3.01. The van der Waals surface area contributed by atoms with Crippen LogP contribution < -0.4 is 15.8 Å². The smallest absolute Gasteiger partial charge is 0.259 e. The highest BCUT2D eigenvalue weighted by atomic mass is 16.5. The number of nitrogen functional groups attached to an aromatic ring is 1. The van der Waals surface area contributed by atoms with E-state index < -0.39 is 6.04 Å². The monoisotopic (exact) mass is 410 g/mol. The number of anilines is 1. The molecule has 30 heavy (non-hydrogen) atoms. The average Bonchev–Trinajstić information content (AvgIpc) is 2.77. The maximum Gasteiger partial charge on any atom is 0.259 e. The molecule has 0 saturated carbocycles. The van der Waals surface area contributed by atoms with Crippen molar-refractivity contribution in [3.63, 3.8) is 0 Å². The van der Waals surface area contributed by atoms with Crippen LogP contribution >= 0.6 is 0 Å². The van der Waals surface area contributed by atoms with E-state index in [4.69, 9.17) is 10.5 Å². The van der Waals surface area contributed by atoms with E-state index in [0.29, 0.717) is 19.6 Å². The van der Waals surface area contributed by atoms with Crippen LogP contribution in [0.5, 0.6) is 5.75 Å². The zero-order chi connectivity index (χ0) is 21.1. The van der Waals surface area contributed by atoms with Gasteiger partial charge in [-0.3, -0.25) is 14.5 Å². The SMILES string of the molecule is CN1CCN(C(=O)c2cncnc2N)C[C@@H]1C(=O)NCc1ccc2c(c1)CCCO2. The van der Waals surface area contributed by atoms with Gasteiger partial charge in [-0.25, -0.2) is 9.97 Å². The Morgan fingerprint density at radius 3 is 3.03 bits per heavy atom. The number of benzene rings is 1. The average molecular weight is 410 g/mol. The van der Waals surface area contributed by atoms with E-state index in [1.54, 1.807) is 4.90 Å². The van der Waals surface area contributed by atoms with E-state index in [1.807, 2.05) is 24.1 Å². The molecule has 9 nitrogen and oxygen atoms in total. The lowest BCUT2D eigenvalue weighted by molar-refractivity contribution is -0.127. The quantitative estimate of drug-likeness (QED) is 0.753. The molecule has 1 aromatic heterocycles. The Kier molecular flexibility index (Phi) is 5.80. The van der Waals surface area contributed by atoms with Crippen LogP contribution in [-0.4, -0.2) is 70.9 Å². The molecule has 9 heteroatoms. The third-order valence-corrected chi connectivity index (χ3v) is 5.65. The molecule has 1 atom stereocenters. The van der Waals surface area contributed by atoms with Gasteiger partial charge in [-0.2, -0.15) is 0 Å². The first-order valence-electron chi connectivity index (χ1n) is 10.1. The van der Waals surface area contributed by atoms with Crippen molar-refractivity contribution >= 4 is 17.6 Å². The first kappa shape index (κ1) is 20.1. The Labute approximate surface area is 175 Å². The second-order valence-corrected chi connectivity index (χ2v) is 7.68. The number of carbonyl (C=O) groups excluding carboxylic acids is 2. The van der Waals surface area contributed by atoms with Gasteiger partial charge in [0.2, 0.25) is 5.91 Å². The van der Waals surface area contributed by atoms with E-state index in [-0.39, 0.29) is 29.7 Å². The van der Waals surface area contributed by atoms with E-state index in [9.17, 15) is 9.59 Å². The maximum absolute atomic E-state index is 12.9. The summed E-state index contributed by atoms with van der Waals surface area (Å²) in [6.07, 6.45) is 4.72. The highest BCUT2D eigenvalue weighted by molar-refractivity contribution is 5.98. The van der Waals surface area contributed by atoms with Gasteiger partial charge < -0.3 is 20.7 Å². The van der Waals surface area contributed by atoms with Gasteiger partial charge in [0.1, 0.15) is 23.9 Å². The summed E-state index contributed by atoms with van der Waals surface area (Å²) in [6, 6.07) is 5.60. The third-order valence-electron chi connectivity index (χ3n) is 5.65. The highest BCUT2D eigenvalue weighted by Gasteiger charge is 2.33. The summed E-state index contributed by atoms with van der Waals surface area (Å²) in [7, 11) is 1.89. The summed E-state index contributed by atoms with van der Waals surface area (Å²) in [6.45, 7) is 2.58. The van der Waals surface area contributed by atoms with Crippen LogP contribution in [0.3, 0.4) is 0 Å². The predicted molar refractivity (Wildman–Crippen MR) is 111 cm³/mol. The van der Waals surface area contributed by atoms with Crippen molar-refractivity contribution in [1.82, 2.24) is 25.1 Å². The summed E-state index contributed by atoms with van der Waals surface area (Å²) >= 11 is 0. The van der Waals surface area contributed by atoms with E-state index in [1.165, 1.54) is 18.1 Å². The zero-order valence-electron chi connectivity index (χ0n) is 17.0. The molecular formula is C21H26N6O3. The van der Waals surface area contributed by atoms with Gasteiger partial charge in [-0.15, -0.1) is 0 Å². The summed E-state index contributed by atoms with van der Waals surface area (Å²) in [5.74, 6) is 0.711. The zero-order valence-corrected chi connectivity index (χ0v) is 17.0. The molecule has 158 valence electrons. The lowest BCUT2D eigenvalue weighted by Gasteiger charge is -2.38. The number of piperazine rings is 1. The molecule has 0 spiro atoms. The van der Waals surface area contributed by atoms with Crippen molar-refractivity contribution in [2.45, 2.75) is 25.4 Å². The Morgan fingerprint density at radius 2 is 2.20 bits per heavy atom. The van der Waals surface area contributed by atoms with Crippen molar-refractivity contribution in [2.24, 2.45) is 0 Å². The molecule has 4 rings (SSSR count). The predicted octanol–water partition coefficient (Wildman–Crippen LogP) is 0.456. The van der Waals surface area contributed by atoms with Crippen LogP contribution in [0.2, 0.25) is 0 Å². The molecule has 2 aliphatic heterocycles. The summed E-state index contributed by atoms with van der Waals surface area (Å²) in [4.78, 5) is 37.1. The topological polar surface area (TPSA) is 114 Å². The standard InChI is InChI=1S/C21H26N6O3/c1-26-6-7-27(21(29)16-11-23-13-25-19(16)22)12-17(26)20(28)24-10-14-4-5-18-15(9-14)3-2-8-30-18/h4-5,9,11,13,17H,2-3,6-8,10,12H2,1H3,(H,24,28)(H2,22,23,25)/t17-/m1/s1. The summed E-state index contributed by atoms with van der Waals surface area (Å²) in [5.41, 5.74) is 8.29. The largest absolute Gasteiger partial charge is 0.493 e. The Bertz CT molecular complexity index is 950. The fraction of sp³-hybridized carbons (Fsp3) is 0.429. The molecule has 1 fully saturated rings. The van der Waals surface area contributed by atoms with E-state index in [0.717, 1.165) is 30.8 Å². The minimum Gasteiger partial charge on any atom is -0.493 e. The minimum absolute atomic E-state index is 0.110. The number of fused-ring (bicyclic) bond motifs is 1. The number of rotatable bonds is 4. The van der Waals surface area contributed by atoms with Gasteiger partial charge >= 0.3 is 0 Å². The third kappa shape index (κ3) is 4.20. The highest BCUT2D eigenvalue weighted by Crippen LogP contribution is 2.25. The first-order valence-corrected chi connectivity index (χ1v) is 10.1. The number of nitrogens with zero attached hydrogens (tertiary/aromatic N) is 4. The van der Waals surface area contributed by atoms with Gasteiger partial charge in [-0.05, 0) is 37.1 Å².